The van der Waals surface area contributed by atoms with Gasteiger partial charge in [-0.25, -0.2) is 8.42 Å². The van der Waals surface area contributed by atoms with Gasteiger partial charge in [0, 0.05) is 38.8 Å². The monoisotopic (exact) mass is 337 g/mol. The molecule has 2 saturated heterocycles. The Morgan fingerprint density at radius 1 is 1.09 bits per heavy atom. The molecule has 1 aromatic rings. The van der Waals surface area contributed by atoms with Gasteiger partial charge in [0.25, 0.3) is 0 Å². The third-order valence-corrected chi connectivity index (χ3v) is 6.92. The number of piperazine rings is 1. The van der Waals surface area contributed by atoms with Crippen molar-refractivity contribution in [1.29, 1.82) is 0 Å². The highest BCUT2D eigenvalue weighted by atomic mass is 32.2. The Labute approximate surface area is 139 Å². The fraction of sp³-hybridized carbons (Fsp3) is 0.647. The SMILES string of the molecule is CC(C)c1ccc(S(=O)(=O)N2CCN(C3CCNC3)CC2)cc1. The zero-order valence-corrected chi connectivity index (χ0v) is 14.8. The smallest absolute Gasteiger partial charge is 0.243 e. The first-order valence-electron chi connectivity index (χ1n) is 8.53. The van der Waals surface area contributed by atoms with E-state index in [1.165, 1.54) is 12.0 Å². The van der Waals surface area contributed by atoms with E-state index in [1.54, 1.807) is 16.4 Å². The highest BCUT2D eigenvalue weighted by molar-refractivity contribution is 7.89. The summed E-state index contributed by atoms with van der Waals surface area (Å²) in [5, 5.41) is 3.38. The Morgan fingerprint density at radius 3 is 2.26 bits per heavy atom. The van der Waals surface area contributed by atoms with Crippen LogP contribution in [-0.2, 0) is 10.0 Å². The standard InChI is InChI=1S/C17H27N3O2S/c1-14(2)15-3-5-17(6-4-15)23(21,22)20-11-9-19(10-12-20)16-7-8-18-13-16/h3-6,14,16,18H,7-13H2,1-2H3. The predicted molar refractivity (Wildman–Crippen MR) is 92.1 cm³/mol. The minimum Gasteiger partial charge on any atom is -0.315 e. The molecule has 5 nitrogen and oxygen atoms in total. The zero-order chi connectivity index (χ0) is 16.4. The summed E-state index contributed by atoms with van der Waals surface area (Å²) >= 11 is 0. The number of sulfonamides is 1. The number of benzene rings is 1. The maximum Gasteiger partial charge on any atom is 0.243 e. The Morgan fingerprint density at radius 2 is 1.74 bits per heavy atom. The summed E-state index contributed by atoms with van der Waals surface area (Å²) in [7, 11) is -3.36. The van der Waals surface area contributed by atoms with Crippen LogP contribution in [0, 0.1) is 0 Å². The first-order chi connectivity index (χ1) is 11.0. The second-order valence-electron chi connectivity index (χ2n) is 6.81. The van der Waals surface area contributed by atoms with Gasteiger partial charge < -0.3 is 5.32 Å². The molecule has 0 saturated carbocycles. The molecule has 2 fully saturated rings. The van der Waals surface area contributed by atoms with E-state index in [1.807, 2.05) is 12.1 Å². The Bertz CT molecular complexity index is 614. The minimum atomic E-state index is -3.36. The quantitative estimate of drug-likeness (QED) is 0.904. The van der Waals surface area contributed by atoms with Gasteiger partial charge in [-0.15, -0.1) is 0 Å². The van der Waals surface area contributed by atoms with E-state index in [-0.39, 0.29) is 0 Å². The van der Waals surface area contributed by atoms with E-state index in [0.717, 1.165) is 26.2 Å². The second-order valence-corrected chi connectivity index (χ2v) is 8.75. The van der Waals surface area contributed by atoms with Crippen LogP contribution in [0.2, 0.25) is 0 Å². The largest absolute Gasteiger partial charge is 0.315 e. The van der Waals surface area contributed by atoms with E-state index in [0.29, 0.717) is 29.9 Å². The average molecular weight is 337 g/mol. The van der Waals surface area contributed by atoms with Crippen molar-refractivity contribution in [2.45, 2.75) is 37.1 Å². The molecule has 6 heteroatoms. The van der Waals surface area contributed by atoms with Gasteiger partial charge in [-0.3, -0.25) is 4.90 Å². The lowest BCUT2D eigenvalue weighted by molar-refractivity contribution is 0.145. The van der Waals surface area contributed by atoms with Gasteiger partial charge in [0.2, 0.25) is 10.0 Å². The molecule has 0 spiro atoms. The van der Waals surface area contributed by atoms with Crippen molar-refractivity contribution in [3.05, 3.63) is 29.8 Å². The Hall–Kier alpha value is -0.950. The summed E-state index contributed by atoms with van der Waals surface area (Å²) in [6.45, 7) is 9.16. The van der Waals surface area contributed by atoms with Crippen molar-refractivity contribution in [2.75, 3.05) is 39.3 Å². The van der Waals surface area contributed by atoms with Crippen molar-refractivity contribution in [3.63, 3.8) is 0 Å². The molecule has 2 aliphatic heterocycles. The van der Waals surface area contributed by atoms with Gasteiger partial charge in [0.15, 0.2) is 0 Å². The molecule has 2 aliphatic rings. The molecular formula is C17H27N3O2S. The molecule has 1 N–H and O–H groups in total. The van der Waals surface area contributed by atoms with Crippen LogP contribution in [0.1, 0.15) is 31.7 Å². The molecule has 128 valence electrons. The summed E-state index contributed by atoms with van der Waals surface area (Å²) in [5.74, 6) is 0.412. The lowest BCUT2D eigenvalue weighted by atomic mass is 10.0. The number of hydrogen-bond donors (Lipinski definition) is 1. The third kappa shape index (κ3) is 3.60. The molecule has 0 aromatic heterocycles. The van der Waals surface area contributed by atoms with Gasteiger partial charge in [0.05, 0.1) is 4.90 Å². The minimum absolute atomic E-state index is 0.412. The highest BCUT2D eigenvalue weighted by Gasteiger charge is 2.31. The van der Waals surface area contributed by atoms with Crippen molar-refractivity contribution in [2.24, 2.45) is 0 Å². The van der Waals surface area contributed by atoms with Crippen LogP contribution < -0.4 is 5.32 Å². The Kier molecular flexibility index (Phi) is 5.06. The first kappa shape index (κ1) is 16.9. The van der Waals surface area contributed by atoms with E-state index in [9.17, 15) is 8.42 Å². The van der Waals surface area contributed by atoms with Crippen LogP contribution in [-0.4, -0.2) is 62.9 Å². The second kappa shape index (κ2) is 6.89. The summed E-state index contributed by atoms with van der Waals surface area (Å²) in [6.07, 6.45) is 1.17. The van der Waals surface area contributed by atoms with Gasteiger partial charge in [0.1, 0.15) is 0 Å². The van der Waals surface area contributed by atoms with Crippen LogP contribution in [0.15, 0.2) is 29.2 Å². The molecule has 23 heavy (non-hydrogen) atoms. The van der Waals surface area contributed by atoms with E-state index in [4.69, 9.17) is 0 Å². The third-order valence-electron chi connectivity index (χ3n) is 5.01. The highest BCUT2D eigenvalue weighted by Crippen LogP contribution is 2.22. The van der Waals surface area contributed by atoms with Gasteiger partial charge in [-0.05, 0) is 36.6 Å². The van der Waals surface area contributed by atoms with Gasteiger partial charge in [-0.1, -0.05) is 26.0 Å². The van der Waals surface area contributed by atoms with Crippen molar-refractivity contribution >= 4 is 10.0 Å². The fourth-order valence-electron chi connectivity index (χ4n) is 3.43. The molecule has 0 aliphatic carbocycles. The van der Waals surface area contributed by atoms with Crippen LogP contribution in [0.5, 0.6) is 0 Å². The normalized spacial score (nSPS) is 24.4. The van der Waals surface area contributed by atoms with Crippen molar-refractivity contribution < 1.29 is 8.42 Å². The molecule has 1 unspecified atom stereocenters. The van der Waals surface area contributed by atoms with Crippen molar-refractivity contribution in [3.8, 4) is 0 Å². The number of hydrogen-bond acceptors (Lipinski definition) is 4. The molecular weight excluding hydrogens is 310 g/mol. The molecule has 3 rings (SSSR count). The first-order valence-corrected chi connectivity index (χ1v) is 9.97. The maximum atomic E-state index is 12.8. The van der Waals surface area contributed by atoms with Crippen LogP contribution in [0.4, 0.5) is 0 Å². The molecule has 1 aromatic carbocycles. The Balaban J connectivity index is 1.66. The molecule has 0 bridgehead atoms. The molecule has 0 radical (unpaired) electrons. The molecule has 2 heterocycles. The van der Waals surface area contributed by atoms with Crippen LogP contribution in [0.3, 0.4) is 0 Å². The summed E-state index contributed by atoms with van der Waals surface area (Å²) in [6, 6.07) is 7.93. The lowest BCUT2D eigenvalue weighted by Gasteiger charge is -2.37. The number of rotatable bonds is 4. The molecule has 0 amide bonds. The molecule has 1 atom stereocenters. The maximum absolute atomic E-state index is 12.8. The summed E-state index contributed by atoms with van der Waals surface area (Å²) in [5.41, 5.74) is 1.17. The van der Waals surface area contributed by atoms with E-state index in [2.05, 4.69) is 24.1 Å². The van der Waals surface area contributed by atoms with E-state index >= 15 is 0 Å². The zero-order valence-electron chi connectivity index (χ0n) is 14.0. The number of nitrogens with zero attached hydrogens (tertiary/aromatic N) is 2. The van der Waals surface area contributed by atoms with E-state index < -0.39 is 10.0 Å². The van der Waals surface area contributed by atoms with Crippen molar-refractivity contribution in [1.82, 2.24) is 14.5 Å². The topological polar surface area (TPSA) is 52.7 Å². The van der Waals surface area contributed by atoms with Gasteiger partial charge in [-0.2, -0.15) is 4.31 Å². The summed E-state index contributed by atoms with van der Waals surface area (Å²) in [4.78, 5) is 2.84. The lowest BCUT2D eigenvalue weighted by Crippen LogP contribution is -2.52. The predicted octanol–water partition coefficient (Wildman–Crippen LogP) is 1.48. The number of nitrogens with one attached hydrogen (secondary N) is 1. The van der Waals surface area contributed by atoms with Crippen LogP contribution >= 0.6 is 0 Å². The average Bonchev–Trinajstić information content (AvgIpc) is 3.09. The van der Waals surface area contributed by atoms with Crippen LogP contribution in [0.25, 0.3) is 0 Å². The van der Waals surface area contributed by atoms with Gasteiger partial charge >= 0.3 is 0 Å². The fourth-order valence-corrected chi connectivity index (χ4v) is 4.86. The summed E-state index contributed by atoms with van der Waals surface area (Å²) < 4.78 is 27.2.